The normalized spacial score (nSPS) is 19.8. The van der Waals surface area contributed by atoms with Gasteiger partial charge in [-0.25, -0.2) is 4.99 Å². The molecular weight excluding hydrogens is 286 g/mol. The van der Waals surface area contributed by atoms with Crippen molar-refractivity contribution in [1.29, 1.82) is 0 Å². The minimum Gasteiger partial charge on any atom is -0.370 e. The lowest BCUT2D eigenvalue weighted by Gasteiger charge is -2.33. The Morgan fingerprint density at radius 1 is 1.39 bits per heavy atom. The Morgan fingerprint density at radius 3 is 2.70 bits per heavy atom. The Hall–Kier alpha value is -2.01. The molecule has 1 aliphatic heterocycles. The van der Waals surface area contributed by atoms with E-state index in [1.54, 1.807) is 0 Å². The number of hydrogen-bond acceptors (Lipinski definition) is 3. The van der Waals surface area contributed by atoms with Gasteiger partial charge in [0.15, 0.2) is 5.96 Å². The average molecular weight is 315 g/mol. The van der Waals surface area contributed by atoms with Crippen molar-refractivity contribution in [1.82, 2.24) is 0 Å². The van der Waals surface area contributed by atoms with Crippen molar-refractivity contribution < 1.29 is 0 Å². The molecule has 23 heavy (non-hydrogen) atoms. The predicted molar refractivity (Wildman–Crippen MR) is 99.9 cm³/mol. The highest BCUT2D eigenvalue weighted by molar-refractivity contribution is 5.95. The first kappa shape index (κ1) is 17.3. The monoisotopic (exact) mass is 315 g/mol. The van der Waals surface area contributed by atoms with Crippen molar-refractivity contribution in [3.8, 4) is 0 Å². The lowest BCUT2D eigenvalue weighted by molar-refractivity contribution is 0.506. The molecule has 1 saturated heterocycles. The maximum atomic E-state index is 6.09. The van der Waals surface area contributed by atoms with Crippen LogP contribution >= 0.6 is 0 Å². The zero-order valence-electron chi connectivity index (χ0n) is 14.5. The molecule has 0 saturated carbocycles. The zero-order valence-corrected chi connectivity index (χ0v) is 14.5. The Bertz CT molecular complexity index is 561. The predicted octanol–water partition coefficient (Wildman–Crippen LogP) is 2.68. The number of piperidine rings is 1. The molecule has 1 aromatic rings. The average Bonchev–Trinajstić information content (AvgIpc) is 2.54. The molecule has 0 bridgehead atoms. The lowest BCUT2D eigenvalue weighted by Crippen LogP contribution is -2.42. The third kappa shape index (κ3) is 4.73. The first-order valence-corrected chi connectivity index (χ1v) is 8.36. The fourth-order valence-corrected chi connectivity index (χ4v) is 2.86. The first-order valence-electron chi connectivity index (χ1n) is 8.36. The highest BCUT2D eigenvalue weighted by Crippen LogP contribution is 2.23. The largest absolute Gasteiger partial charge is 0.370 e. The van der Waals surface area contributed by atoms with Crippen LogP contribution in [0.1, 0.15) is 33.1 Å². The fourth-order valence-electron chi connectivity index (χ4n) is 2.86. The molecule has 1 aromatic carbocycles. The van der Waals surface area contributed by atoms with Crippen LogP contribution in [0.3, 0.4) is 0 Å². The number of guanidine groups is 1. The van der Waals surface area contributed by atoms with E-state index in [1.807, 2.05) is 18.9 Å². The van der Waals surface area contributed by atoms with Crippen LogP contribution in [0.25, 0.3) is 0 Å². The Morgan fingerprint density at radius 2 is 2.09 bits per heavy atom. The van der Waals surface area contributed by atoms with Crippen LogP contribution in [0.4, 0.5) is 11.4 Å². The number of benzene rings is 1. The molecule has 4 N–H and O–H groups in total. The molecule has 5 heteroatoms. The van der Waals surface area contributed by atoms with Gasteiger partial charge in [0, 0.05) is 43.3 Å². The van der Waals surface area contributed by atoms with E-state index < -0.39 is 0 Å². The van der Waals surface area contributed by atoms with Gasteiger partial charge in [-0.1, -0.05) is 13.0 Å². The van der Waals surface area contributed by atoms with Gasteiger partial charge in [-0.15, -0.1) is 0 Å². The molecule has 1 heterocycles. The number of nitrogens with two attached hydrogens (primary N) is 2. The highest BCUT2D eigenvalue weighted by atomic mass is 15.2. The summed E-state index contributed by atoms with van der Waals surface area (Å²) in [5.74, 6) is 0.500. The van der Waals surface area contributed by atoms with Gasteiger partial charge in [-0.05, 0) is 50.5 Å². The van der Waals surface area contributed by atoms with Crippen molar-refractivity contribution in [3.63, 3.8) is 0 Å². The van der Waals surface area contributed by atoms with Crippen molar-refractivity contribution in [2.45, 2.75) is 39.2 Å². The number of anilines is 2. The van der Waals surface area contributed by atoms with Crippen molar-refractivity contribution in [2.75, 3.05) is 29.9 Å². The molecule has 0 radical (unpaired) electrons. The molecule has 0 spiro atoms. The van der Waals surface area contributed by atoms with Crippen molar-refractivity contribution in [3.05, 3.63) is 36.0 Å². The van der Waals surface area contributed by atoms with Crippen LogP contribution in [0, 0.1) is 0 Å². The molecule has 1 fully saturated rings. The summed E-state index contributed by atoms with van der Waals surface area (Å²) in [7, 11) is 1.93. The standard InChI is InChI=1S/C18H29N5/c1-4-6-14(2)21-18(20)22(3)16-8-10-17(11-9-16)23-12-5-7-15(19)13-23/h6,8-11,15H,4-5,7,12-13,19H2,1-3H3,(H2,20,21)/b14-6-. The first-order chi connectivity index (χ1) is 11.0. The van der Waals surface area contributed by atoms with Crippen LogP contribution in [-0.2, 0) is 0 Å². The highest BCUT2D eigenvalue weighted by Gasteiger charge is 2.17. The van der Waals surface area contributed by atoms with Crippen LogP contribution in [-0.4, -0.2) is 32.1 Å². The van der Waals surface area contributed by atoms with Crippen LogP contribution in [0.5, 0.6) is 0 Å². The molecule has 0 aromatic heterocycles. The number of hydrogen-bond donors (Lipinski definition) is 2. The molecule has 0 amide bonds. The topological polar surface area (TPSA) is 70.9 Å². The minimum atomic E-state index is 0.280. The fraction of sp³-hybridized carbons (Fsp3) is 0.500. The van der Waals surface area contributed by atoms with Gasteiger partial charge in [-0.3, -0.25) is 0 Å². The summed E-state index contributed by atoms with van der Waals surface area (Å²) in [4.78, 5) is 8.67. The maximum Gasteiger partial charge on any atom is 0.200 e. The molecule has 0 aliphatic carbocycles. The molecule has 5 nitrogen and oxygen atoms in total. The lowest BCUT2D eigenvalue weighted by atomic mass is 10.1. The quantitative estimate of drug-likeness (QED) is 0.662. The number of allylic oxidation sites excluding steroid dienone is 2. The summed E-state index contributed by atoms with van der Waals surface area (Å²) in [6, 6.07) is 8.70. The van der Waals surface area contributed by atoms with Gasteiger partial charge in [0.05, 0.1) is 0 Å². The van der Waals surface area contributed by atoms with E-state index in [0.29, 0.717) is 5.96 Å². The third-order valence-corrected chi connectivity index (χ3v) is 4.19. The Kier molecular flexibility index (Phi) is 6.04. The molecule has 1 aliphatic rings. The number of nitrogens with zero attached hydrogens (tertiary/aromatic N) is 3. The SMILES string of the molecule is CC/C=C(C)\N=C(/N)N(C)c1ccc(N2CCCC(N)C2)cc1. The van der Waals surface area contributed by atoms with Gasteiger partial charge in [0.25, 0.3) is 0 Å². The number of aliphatic imine (C=N–C) groups is 1. The zero-order chi connectivity index (χ0) is 16.8. The summed E-state index contributed by atoms with van der Waals surface area (Å²) < 4.78 is 0. The van der Waals surface area contributed by atoms with Gasteiger partial charge in [0.2, 0.25) is 0 Å². The second-order valence-corrected chi connectivity index (χ2v) is 6.15. The van der Waals surface area contributed by atoms with Gasteiger partial charge < -0.3 is 21.3 Å². The summed E-state index contributed by atoms with van der Waals surface area (Å²) in [6.07, 6.45) is 5.29. The van der Waals surface area contributed by atoms with Crippen molar-refractivity contribution >= 4 is 17.3 Å². The number of rotatable bonds is 4. The van der Waals surface area contributed by atoms with E-state index in [1.165, 1.54) is 5.69 Å². The molecule has 1 unspecified atom stereocenters. The summed E-state index contributed by atoms with van der Waals surface area (Å²) in [5, 5.41) is 0. The molecular formula is C18H29N5. The summed E-state index contributed by atoms with van der Waals surface area (Å²) in [6.45, 7) is 6.06. The maximum absolute atomic E-state index is 6.09. The van der Waals surface area contributed by atoms with Gasteiger partial charge >= 0.3 is 0 Å². The van der Waals surface area contributed by atoms with E-state index in [2.05, 4.69) is 47.2 Å². The van der Waals surface area contributed by atoms with Gasteiger partial charge in [0.1, 0.15) is 0 Å². The third-order valence-electron chi connectivity index (χ3n) is 4.19. The molecule has 2 rings (SSSR count). The van der Waals surface area contributed by atoms with Crippen LogP contribution in [0.15, 0.2) is 41.0 Å². The summed E-state index contributed by atoms with van der Waals surface area (Å²) >= 11 is 0. The van der Waals surface area contributed by atoms with Crippen molar-refractivity contribution in [2.24, 2.45) is 16.5 Å². The van der Waals surface area contributed by atoms with E-state index >= 15 is 0 Å². The second kappa shape index (κ2) is 8.02. The molecule has 126 valence electrons. The van der Waals surface area contributed by atoms with Crippen LogP contribution in [0.2, 0.25) is 0 Å². The summed E-state index contributed by atoms with van der Waals surface area (Å²) in [5.41, 5.74) is 15.3. The van der Waals surface area contributed by atoms with E-state index in [0.717, 1.165) is 43.7 Å². The molecule has 1 atom stereocenters. The van der Waals surface area contributed by atoms with Gasteiger partial charge in [-0.2, -0.15) is 0 Å². The smallest absolute Gasteiger partial charge is 0.200 e. The van der Waals surface area contributed by atoms with Crippen LogP contribution < -0.4 is 21.3 Å². The van der Waals surface area contributed by atoms with E-state index in [4.69, 9.17) is 11.5 Å². The minimum absolute atomic E-state index is 0.280. The van der Waals surface area contributed by atoms with E-state index in [9.17, 15) is 0 Å². The Labute approximate surface area is 139 Å². The Balaban J connectivity index is 2.08. The van der Waals surface area contributed by atoms with E-state index in [-0.39, 0.29) is 6.04 Å². The second-order valence-electron chi connectivity index (χ2n) is 6.15.